The van der Waals surface area contributed by atoms with E-state index in [0.717, 1.165) is 19.6 Å². The van der Waals surface area contributed by atoms with Gasteiger partial charge >= 0.3 is 0 Å². The Labute approximate surface area is 113 Å². The van der Waals surface area contributed by atoms with Crippen LogP contribution in [-0.2, 0) is 4.74 Å². The molecular formula is C15H32N2O. The first-order valence-corrected chi connectivity index (χ1v) is 7.78. The van der Waals surface area contributed by atoms with Crippen molar-refractivity contribution in [3.63, 3.8) is 0 Å². The maximum Gasteiger partial charge on any atom is 0.0597 e. The van der Waals surface area contributed by atoms with Crippen LogP contribution < -0.4 is 0 Å². The molecule has 1 aliphatic rings. The van der Waals surface area contributed by atoms with Crippen molar-refractivity contribution in [2.24, 2.45) is 0 Å². The Morgan fingerprint density at radius 1 is 1.06 bits per heavy atom. The number of rotatable bonds is 9. The molecule has 0 saturated carbocycles. The lowest BCUT2D eigenvalue weighted by atomic mass is 10.1. The molecule has 1 atom stereocenters. The zero-order valence-electron chi connectivity index (χ0n) is 12.7. The Bertz CT molecular complexity index is 191. The average Bonchev–Trinajstić information content (AvgIpc) is 2.39. The van der Waals surface area contributed by atoms with Crippen molar-refractivity contribution in [1.29, 1.82) is 0 Å². The first kappa shape index (κ1) is 15.9. The van der Waals surface area contributed by atoms with Gasteiger partial charge < -0.3 is 9.64 Å². The van der Waals surface area contributed by atoms with E-state index in [0.29, 0.717) is 6.10 Å². The Kier molecular flexibility index (Phi) is 8.64. The molecule has 0 spiro atoms. The predicted octanol–water partition coefficient (Wildman–Crippen LogP) is 2.61. The molecule has 1 rings (SSSR count). The number of hydrogen-bond acceptors (Lipinski definition) is 3. The van der Waals surface area contributed by atoms with Crippen LogP contribution >= 0.6 is 0 Å². The molecule has 0 aromatic heterocycles. The Morgan fingerprint density at radius 2 is 1.78 bits per heavy atom. The molecule has 1 saturated heterocycles. The summed E-state index contributed by atoms with van der Waals surface area (Å²) in [5, 5.41) is 0. The highest BCUT2D eigenvalue weighted by atomic mass is 16.5. The SMILES string of the molecule is CCCCCC(CC)OCCN1CCN(C)CC1. The summed E-state index contributed by atoms with van der Waals surface area (Å²) >= 11 is 0. The van der Waals surface area contributed by atoms with E-state index in [4.69, 9.17) is 4.74 Å². The molecule has 0 aromatic rings. The summed E-state index contributed by atoms with van der Waals surface area (Å²) in [6.45, 7) is 11.3. The Hall–Kier alpha value is -0.120. The van der Waals surface area contributed by atoms with Crippen molar-refractivity contribution < 1.29 is 4.74 Å². The molecular weight excluding hydrogens is 224 g/mol. The molecule has 0 aromatic carbocycles. The van der Waals surface area contributed by atoms with Crippen molar-refractivity contribution >= 4 is 0 Å². The third-order valence-electron chi connectivity index (χ3n) is 3.94. The smallest absolute Gasteiger partial charge is 0.0597 e. The topological polar surface area (TPSA) is 15.7 Å². The quantitative estimate of drug-likeness (QED) is 0.590. The maximum absolute atomic E-state index is 6.01. The van der Waals surface area contributed by atoms with Crippen molar-refractivity contribution in [3.05, 3.63) is 0 Å². The van der Waals surface area contributed by atoms with Gasteiger partial charge in [0.05, 0.1) is 12.7 Å². The van der Waals surface area contributed by atoms with Crippen LogP contribution in [0.2, 0.25) is 0 Å². The lowest BCUT2D eigenvalue weighted by molar-refractivity contribution is 0.0220. The van der Waals surface area contributed by atoms with Gasteiger partial charge in [-0.25, -0.2) is 0 Å². The van der Waals surface area contributed by atoms with Crippen LogP contribution in [0.4, 0.5) is 0 Å². The average molecular weight is 256 g/mol. The number of likely N-dealkylation sites (N-methyl/N-ethyl adjacent to an activating group) is 1. The van der Waals surface area contributed by atoms with Gasteiger partial charge in [-0.1, -0.05) is 33.1 Å². The lowest BCUT2D eigenvalue weighted by Crippen LogP contribution is -2.45. The standard InChI is InChI=1S/C15H32N2O/c1-4-6-7-8-15(5-2)18-14-13-17-11-9-16(3)10-12-17/h15H,4-14H2,1-3H3. The minimum absolute atomic E-state index is 0.490. The van der Waals surface area contributed by atoms with E-state index in [1.165, 1.54) is 51.9 Å². The van der Waals surface area contributed by atoms with E-state index in [-0.39, 0.29) is 0 Å². The second-order valence-corrected chi connectivity index (χ2v) is 5.54. The van der Waals surface area contributed by atoms with Crippen molar-refractivity contribution in [1.82, 2.24) is 9.80 Å². The van der Waals surface area contributed by atoms with E-state index in [1.54, 1.807) is 0 Å². The van der Waals surface area contributed by atoms with E-state index in [1.807, 2.05) is 0 Å². The van der Waals surface area contributed by atoms with Gasteiger partial charge in [-0.15, -0.1) is 0 Å². The normalized spacial score (nSPS) is 20.2. The van der Waals surface area contributed by atoms with Crippen molar-refractivity contribution in [2.75, 3.05) is 46.4 Å². The summed E-state index contributed by atoms with van der Waals surface area (Å²) < 4.78 is 6.01. The molecule has 0 bridgehead atoms. The summed E-state index contributed by atoms with van der Waals surface area (Å²) in [6, 6.07) is 0. The van der Waals surface area contributed by atoms with Crippen LogP contribution in [0.5, 0.6) is 0 Å². The second-order valence-electron chi connectivity index (χ2n) is 5.54. The Balaban J connectivity index is 2.04. The van der Waals surface area contributed by atoms with Gasteiger partial charge in [-0.05, 0) is 19.9 Å². The molecule has 0 aliphatic carbocycles. The molecule has 0 N–H and O–H groups in total. The molecule has 1 fully saturated rings. The highest BCUT2D eigenvalue weighted by molar-refractivity contribution is 4.69. The molecule has 1 aliphatic heterocycles. The Morgan fingerprint density at radius 3 is 2.39 bits per heavy atom. The molecule has 1 heterocycles. The monoisotopic (exact) mass is 256 g/mol. The van der Waals surface area contributed by atoms with E-state index in [2.05, 4.69) is 30.7 Å². The summed E-state index contributed by atoms with van der Waals surface area (Å²) in [7, 11) is 2.20. The van der Waals surface area contributed by atoms with Crippen LogP contribution in [0.15, 0.2) is 0 Å². The summed E-state index contributed by atoms with van der Waals surface area (Å²) in [6.07, 6.45) is 6.86. The van der Waals surface area contributed by atoms with Crippen LogP contribution in [0.3, 0.4) is 0 Å². The third kappa shape index (κ3) is 6.72. The minimum atomic E-state index is 0.490. The highest BCUT2D eigenvalue weighted by Crippen LogP contribution is 2.10. The molecule has 0 radical (unpaired) electrons. The highest BCUT2D eigenvalue weighted by Gasteiger charge is 2.14. The predicted molar refractivity (Wildman–Crippen MR) is 78.1 cm³/mol. The molecule has 1 unspecified atom stereocenters. The molecule has 108 valence electrons. The summed E-state index contributed by atoms with van der Waals surface area (Å²) in [5.41, 5.74) is 0. The summed E-state index contributed by atoms with van der Waals surface area (Å²) in [4.78, 5) is 4.93. The van der Waals surface area contributed by atoms with E-state index in [9.17, 15) is 0 Å². The minimum Gasteiger partial charge on any atom is -0.377 e. The fourth-order valence-corrected chi connectivity index (χ4v) is 2.45. The van der Waals surface area contributed by atoms with Gasteiger partial charge in [0.2, 0.25) is 0 Å². The zero-order valence-corrected chi connectivity index (χ0v) is 12.7. The molecule has 18 heavy (non-hydrogen) atoms. The number of nitrogens with zero attached hydrogens (tertiary/aromatic N) is 2. The van der Waals surface area contributed by atoms with Crippen LogP contribution in [0.1, 0.15) is 46.0 Å². The first-order chi connectivity index (χ1) is 8.76. The fraction of sp³-hybridized carbons (Fsp3) is 1.00. The van der Waals surface area contributed by atoms with Crippen LogP contribution in [0, 0.1) is 0 Å². The fourth-order valence-electron chi connectivity index (χ4n) is 2.45. The molecule has 3 nitrogen and oxygen atoms in total. The number of unbranched alkanes of at least 4 members (excludes halogenated alkanes) is 2. The van der Waals surface area contributed by atoms with Gasteiger partial charge in [0.15, 0.2) is 0 Å². The number of ether oxygens (including phenoxy) is 1. The largest absolute Gasteiger partial charge is 0.377 e. The van der Waals surface area contributed by atoms with E-state index < -0.39 is 0 Å². The summed E-state index contributed by atoms with van der Waals surface area (Å²) in [5.74, 6) is 0. The maximum atomic E-state index is 6.01. The number of piperazine rings is 1. The molecule has 3 heteroatoms. The van der Waals surface area contributed by atoms with Gasteiger partial charge in [-0.3, -0.25) is 4.90 Å². The zero-order chi connectivity index (χ0) is 13.2. The molecule has 0 amide bonds. The third-order valence-corrected chi connectivity index (χ3v) is 3.94. The van der Waals surface area contributed by atoms with Crippen LogP contribution in [0.25, 0.3) is 0 Å². The van der Waals surface area contributed by atoms with Gasteiger partial charge in [0.1, 0.15) is 0 Å². The van der Waals surface area contributed by atoms with E-state index >= 15 is 0 Å². The van der Waals surface area contributed by atoms with Gasteiger partial charge in [0, 0.05) is 32.7 Å². The number of hydrogen-bond donors (Lipinski definition) is 0. The van der Waals surface area contributed by atoms with Crippen LogP contribution in [-0.4, -0.2) is 62.3 Å². The van der Waals surface area contributed by atoms with Gasteiger partial charge in [0.25, 0.3) is 0 Å². The van der Waals surface area contributed by atoms with Crippen molar-refractivity contribution in [3.8, 4) is 0 Å². The van der Waals surface area contributed by atoms with Gasteiger partial charge in [-0.2, -0.15) is 0 Å². The second kappa shape index (κ2) is 9.76. The lowest BCUT2D eigenvalue weighted by Gasteiger charge is -2.32. The first-order valence-electron chi connectivity index (χ1n) is 7.78. The van der Waals surface area contributed by atoms with Crippen molar-refractivity contribution in [2.45, 2.75) is 52.1 Å².